The van der Waals surface area contributed by atoms with Gasteiger partial charge in [0, 0.05) is 6.54 Å². The number of amides is 1. The number of benzene rings is 3. The first-order valence-electron chi connectivity index (χ1n) is 14.9. The Morgan fingerprint density at radius 3 is 2.19 bits per heavy atom. The second-order valence-electron chi connectivity index (χ2n) is 12.1. The summed E-state index contributed by atoms with van der Waals surface area (Å²) in [6.07, 6.45) is 4.57. The molecule has 1 fully saturated rings. The van der Waals surface area contributed by atoms with Crippen LogP contribution in [0, 0.1) is 0 Å². The molecule has 1 aliphatic carbocycles. The second kappa shape index (κ2) is 13.9. The van der Waals surface area contributed by atoms with Crippen LogP contribution in [-0.2, 0) is 11.2 Å². The minimum Gasteiger partial charge on any atom is -0.490 e. The number of carboxylic acids is 1. The molecule has 2 N–H and O–H groups in total. The largest absolute Gasteiger partial charge is 0.490 e. The van der Waals surface area contributed by atoms with E-state index < -0.39 is 29.8 Å². The van der Waals surface area contributed by atoms with Crippen LogP contribution in [0.4, 0.5) is 4.79 Å². The lowest BCUT2D eigenvalue weighted by molar-refractivity contribution is -0.00239. The summed E-state index contributed by atoms with van der Waals surface area (Å²) in [6.45, 7) is 7.68. The van der Waals surface area contributed by atoms with Crippen LogP contribution in [0.5, 0.6) is 5.75 Å². The van der Waals surface area contributed by atoms with Gasteiger partial charge >= 0.3 is 12.1 Å². The number of ether oxygens (including phenoxy) is 2. The molecule has 0 radical (unpaired) electrons. The first kappa shape index (κ1) is 31.1. The SMILES string of the molecule is C[C@@H]([C@@H](O)c1ccccc1)N(CCc1ccc(-c2ccc(C(=O)O)c(OC3CCCCC3)c2)cc1)C(=O)OC(C)(C)C. The van der Waals surface area contributed by atoms with Gasteiger partial charge < -0.3 is 24.6 Å². The predicted octanol–water partition coefficient (Wildman–Crippen LogP) is 7.67. The van der Waals surface area contributed by atoms with Gasteiger partial charge in [0.05, 0.1) is 18.2 Å². The Balaban J connectivity index is 1.49. The summed E-state index contributed by atoms with van der Waals surface area (Å²) in [6, 6.07) is 22.1. The van der Waals surface area contributed by atoms with Gasteiger partial charge in [0.2, 0.25) is 0 Å². The number of hydrogen-bond acceptors (Lipinski definition) is 5. The van der Waals surface area contributed by atoms with Crippen molar-refractivity contribution in [3.05, 3.63) is 89.5 Å². The fourth-order valence-electron chi connectivity index (χ4n) is 5.33. The molecule has 3 aromatic carbocycles. The summed E-state index contributed by atoms with van der Waals surface area (Å²) in [7, 11) is 0. The fourth-order valence-corrected chi connectivity index (χ4v) is 5.33. The number of carbonyl (C=O) groups is 2. The zero-order chi connectivity index (χ0) is 30.3. The Hall–Kier alpha value is -3.84. The third-order valence-corrected chi connectivity index (χ3v) is 7.70. The maximum atomic E-state index is 13.2. The van der Waals surface area contributed by atoms with Crippen molar-refractivity contribution in [2.75, 3.05) is 6.54 Å². The standard InChI is InChI=1S/C35H43NO6/c1-24(32(37)27-11-7-5-8-12-27)36(34(40)42-35(2,3)4)22-21-25-15-17-26(18-16-25)28-19-20-30(33(38)39)31(23-28)41-29-13-9-6-10-14-29/h5,7-8,11-12,15-20,23-24,29,32,37H,6,9-10,13-14,21-22H2,1-4H3,(H,38,39)/t24-,32+/m0/s1. The number of aromatic carboxylic acids is 1. The molecule has 0 saturated heterocycles. The van der Waals surface area contributed by atoms with E-state index in [2.05, 4.69) is 0 Å². The summed E-state index contributed by atoms with van der Waals surface area (Å²) in [5, 5.41) is 20.8. The van der Waals surface area contributed by atoms with E-state index in [1.165, 1.54) is 6.42 Å². The number of hydrogen-bond donors (Lipinski definition) is 2. The Kier molecular flexibility index (Phi) is 10.3. The minimum atomic E-state index is -0.996. The van der Waals surface area contributed by atoms with Gasteiger partial charge in [-0.2, -0.15) is 0 Å². The van der Waals surface area contributed by atoms with Crippen molar-refractivity contribution >= 4 is 12.1 Å². The molecular weight excluding hydrogens is 530 g/mol. The van der Waals surface area contributed by atoms with E-state index in [0.29, 0.717) is 18.7 Å². The van der Waals surface area contributed by atoms with Crippen molar-refractivity contribution in [3.63, 3.8) is 0 Å². The molecule has 0 aliphatic heterocycles. The third-order valence-electron chi connectivity index (χ3n) is 7.70. The van der Waals surface area contributed by atoms with E-state index in [-0.39, 0.29) is 11.7 Å². The zero-order valence-electron chi connectivity index (χ0n) is 25.1. The molecule has 0 aromatic heterocycles. The molecule has 0 unspecified atom stereocenters. The van der Waals surface area contributed by atoms with Gasteiger partial charge in [0.25, 0.3) is 0 Å². The maximum Gasteiger partial charge on any atom is 0.410 e. The molecule has 42 heavy (non-hydrogen) atoms. The monoisotopic (exact) mass is 573 g/mol. The van der Waals surface area contributed by atoms with Gasteiger partial charge in [0.15, 0.2) is 0 Å². The molecule has 7 nitrogen and oxygen atoms in total. The molecule has 1 amide bonds. The third kappa shape index (κ3) is 8.35. The van der Waals surface area contributed by atoms with Crippen molar-refractivity contribution in [3.8, 4) is 16.9 Å². The van der Waals surface area contributed by atoms with Crippen LogP contribution in [0.25, 0.3) is 11.1 Å². The molecule has 3 aromatic rings. The number of aliphatic hydroxyl groups is 1. The fraction of sp³-hybridized carbons (Fsp3) is 0.429. The summed E-state index contributed by atoms with van der Waals surface area (Å²) < 4.78 is 11.9. The Morgan fingerprint density at radius 1 is 0.929 bits per heavy atom. The van der Waals surface area contributed by atoms with Crippen LogP contribution >= 0.6 is 0 Å². The lowest BCUT2D eigenvalue weighted by Crippen LogP contribution is -2.45. The van der Waals surface area contributed by atoms with E-state index in [4.69, 9.17) is 9.47 Å². The molecular formula is C35H43NO6. The average Bonchev–Trinajstić information content (AvgIpc) is 2.97. The highest BCUT2D eigenvalue weighted by molar-refractivity contribution is 5.92. The van der Waals surface area contributed by atoms with Crippen LogP contribution < -0.4 is 4.74 Å². The normalized spacial score (nSPS) is 15.5. The van der Waals surface area contributed by atoms with Gasteiger partial charge in [0.1, 0.15) is 16.9 Å². The van der Waals surface area contributed by atoms with Crippen molar-refractivity contribution in [2.45, 2.75) is 90.1 Å². The van der Waals surface area contributed by atoms with Crippen molar-refractivity contribution in [1.82, 2.24) is 4.90 Å². The molecule has 0 heterocycles. The smallest absolute Gasteiger partial charge is 0.410 e. The van der Waals surface area contributed by atoms with E-state index in [9.17, 15) is 19.8 Å². The maximum absolute atomic E-state index is 13.2. The molecule has 0 bridgehead atoms. The molecule has 1 aliphatic rings. The molecule has 2 atom stereocenters. The lowest BCUT2D eigenvalue weighted by atomic mass is 9.97. The zero-order valence-corrected chi connectivity index (χ0v) is 25.1. The number of rotatable bonds is 10. The molecule has 7 heteroatoms. The number of carbonyl (C=O) groups excluding carboxylic acids is 1. The van der Waals surface area contributed by atoms with E-state index in [1.807, 2.05) is 94.4 Å². The van der Waals surface area contributed by atoms with Crippen LogP contribution in [0.15, 0.2) is 72.8 Å². The Bertz CT molecular complexity index is 1330. The van der Waals surface area contributed by atoms with Crippen molar-refractivity contribution < 1.29 is 29.3 Å². The van der Waals surface area contributed by atoms with Crippen LogP contribution in [0.2, 0.25) is 0 Å². The quantitative estimate of drug-likeness (QED) is 0.258. The van der Waals surface area contributed by atoms with Gasteiger partial charge in [-0.15, -0.1) is 0 Å². The topological polar surface area (TPSA) is 96.3 Å². The molecule has 1 saturated carbocycles. The Morgan fingerprint density at radius 2 is 1.57 bits per heavy atom. The highest BCUT2D eigenvalue weighted by atomic mass is 16.6. The first-order valence-corrected chi connectivity index (χ1v) is 14.9. The van der Waals surface area contributed by atoms with Gasteiger partial charge in [-0.05, 0) is 94.2 Å². The van der Waals surface area contributed by atoms with Crippen LogP contribution in [0.1, 0.15) is 87.4 Å². The van der Waals surface area contributed by atoms with Gasteiger partial charge in [-0.1, -0.05) is 67.1 Å². The van der Waals surface area contributed by atoms with E-state index >= 15 is 0 Å². The van der Waals surface area contributed by atoms with Gasteiger partial charge in [-0.25, -0.2) is 9.59 Å². The minimum absolute atomic E-state index is 0.0465. The average molecular weight is 574 g/mol. The predicted molar refractivity (Wildman–Crippen MR) is 164 cm³/mol. The number of carboxylic acid groups (broad SMARTS) is 1. The molecule has 224 valence electrons. The number of nitrogens with zero attached hydrogens (tertiary/aromatic N) is 1. The first-order chi connectivity index (χ1) is 20.0. The summed E-state index contributed by atoms with van der Waals surface area (Å²) in [4.78, 5) is 26.6. The summed E-state index contributed by atoms with van der Waals surface area (Å²) in [5.41, 5.74) is 3.10. The van der Waals surface area contributed by atoms with Crippen molar-refractivity contribution in [2.24, 2.45) is 0 Å². The van der Waals surface area contributed by atoms with E-state index in [1.54, 1.807) is 11.0 Å². The molecule has 4 rings (SSSR count). The second-order valence-corrected chi connectivity index (χ2v) is 12.1. The highest BCUT2D eigenvalue weighted by Gasteiger charge is 2.30. The highest BCUT2D eigenvalue weighted by Crippen LogP contribution is 2.31. The van der Waals surface area contributed by atoms with Crippen LogP contribution in [-0.4, -0.2) is 51.5 Å². The van der Waals surface area contributed by atoms with Crippen LogP contribution in [0.3, 0.4) is 0 Å². The van der Waals surface area contributed by atoms with Gasteiger partial charge in [-0.3, -0.25) is 0 Å². The summed E-state index contributed by atoms with van der Waals surface area (Å²) in [5.74, 6) is -0.584. The number of aliphatic hydroxyl groups excluding tert-OH is 1. The van der Waals surface area contributed by atoms with E-state index in [0.717, 1.165) is 47.9 Å². The lowest BCUT2D eigenvalue weighted by Gasteiger charge is -2.34. The molecule has 0 spiro atoms. The van der Waals surface area contributed by atoms with Crippen molar-refractivity contribution in [1.29, 1.82) is 0 Å². The Labute approximate surface area is 249 Å². The summed E-state index contributed by atoms with van der Waals surface area (Å²) >= 11 is 0.